The van der Waals surface area contributed by atoms with Crippen LogP contribution in [-0.4, -0.2) is 24.0 Å². The number of hydrogen-bond donors (Lipinski definition) is 2. The van der Waals surface area contributed by atoms with Crippen molar-refractivity contribution in [2.24, 2.45) is 0 Å². The fourth-order valence-electron chi connectivity index (χ4n) is 3.71. The van der Waals surface area contributed by atoms with Gasteiger partial charge in [-0.3, -0.25) is 4.79 Å². The Labute approximate surface area is 130 Å². The number of carbonyl (C=O) groups excluding carboxylic acids is 1. The fourth-order valence-corrected chi connectivity index (χ4v) is 3.71. The van der Waals surface area contributed by atoms with E-state index >= 15 is 0 Å². The van der Waals surface area contributed by atoms with Crippen LogP contribution >= 0.6 is 0 Å². The number of carbonyl (C=O) groups is 1. The minimum atomic E-state index is 0.00682. The topological polar surface area (TPSA) is 41.1 Å². The zero-order chi connectivity index (χ0) is 15.1. The van der Waals surface area contributed by atoms with E-state index in [0.29, 0.717) is 17.6 Å². The van der Waals surface area contributed by atoms with Crippen LogP contribution in [0.15, 0.2) is 36.4 Å². The van der Waals surface area contributed by atoms with Crippen LogP contribution in [0.3, 0.4) is 0 Å². The minimum Gasteiger partial charge on any atom is -0.348 e. The molecule has 0 spiro atoms. The summed E-state index contributed by atoms with van der Waals surface area (Å²) in [6.07, 6.45) is 8.90. The first kappa shape index (κ1) is 13.4. The van der Waals surface area contributed by atoms with Gasteiger partial charge in [0.1, 0.15) is 0 Å². The predicted octanol–water partition coefficient (Wildman–Crippen LogP) is 2.44. The standard InChI is InChI=1S/C19H18N2O/c1-2-12-3-4-13-5-6-14(10-15(13)9-12)19(22)21-18-11-16-7-8-17(18)20-16/h1,3-6,9-10,16-18,20H,7-8,11H2,(H,21,22)/t16-,17+,18-/m1/s1. The Morgan fingerprint density at radius 3 is 2.77 bits per heavy atom. The average molecular weight is 290 g/mol. The van der Waals surface area contributed by atoms with Gasteiger partial charge < -0.3 is 10.6 Å². The number of hydrogen-bond acceptors (Lipinski definition) is 2. The first-order chi connectivity index (χ1) is 10.7. The van der Waals surface area contributed by atoms with Gasteiger partial charge in [0.05, 0.1) is 0 Å². The van der Waals surface area contributed by atoms with Crippen molar-refractivity contribution in [1.29, 1.82) is 0 Å². The lowest BCUT2D eigenvalue weighted by Gasteiger charge is -2.21. The van der Waals surface area contributed by atoms with Crippen molar-refractivity contribution < 1.29 is 4.79 Å². The van der Waals surface area contributed by atoms with Gasteiger partial charge >= 0.3 is 0 Å². The lowest BCUT2D eigenvalue weighted by Crippen LogP contribution is -2.42. The smallest absolute Gasteiger partial charge is 0.251 e. The number of terminal acetylenes is 1. The van der Waals surface area contributed by atoms with Gasteiger partial charge in [-0.05, 0) is 54.3 Å². The van der Waals surface area contributed by atoms with E-state index in [9.17, 15) is 4.79 Å². The predicted molar refractivity (Wildman–Crippen MR) is 87.7 cm³/mol. The SMILES string of the molecule is C#Cc1ccc2ccc(C(=O)N[C@@H]3C[C@H]4CC[C@@H]3N4)cc2c1. The fraction of sp³-hybridized carbons (Fsp3) is 0.316. The van der Waals surface area contributed by atoms with Gasteiger partial charge in [0.2, 0.25) is 0 Å². The van der Waals surface area contributed by atoms with Crippen molar-refractivity contribution in [3.05, 3.63) is 47.5 Å². The summed E-state index contributed by atoms with van der Waals surface area (Å²) in [5.41, 5.74) is 1.53. The highest BCUT2D eigenvalue weighted by Gasteiger charge is 2.39. The van der Waals surface area contributed by atoms with Crippen LogP contribution in [-0.2, 0) is 0 Å². The van der Waals surface area contributed by atoms with Crippen molar-refractivity contribution in [2.45, 2.75) is 37.4 Å². The Kier molecular flexibility index (Phi) is 3.13. The molecule has 110 valence electrons. The molecule has 2 aromatic carbocycles. The van der Waals surface area contributed by atoms with Crippen LogP contribution < -0.4 is 10.6 Å². The Balaban J connectivity index is 1.57. The molecule has 2 aliphatic heterocycles. The third kappa shape index (κ3) is 2.26. The van der Waals surface area contributed by atoms with Crippen LogP contribution in [0.5, 0.6) is 0 Å². The third-order valence-electron chi connectivity index (χ3n) is 4.89. The summed E-state index contributed by atoms with van der Waals surface area (Å²) >= 11 is 0. The molecule has 2 saturated heterocycles. The van der Waals surface area contributed by atoms with E-state index in [4.69, 9.17) is 6.42 Å². The van der Waals surface area contributed by atoms with Crippen LogP contribution in [0.25, 0.3) is 10.8 Å². The van der Waals surface area contributed by atoms with E-state index in [1.807, 2.05) is 36.4 Å². The average Bonchev–Trinajstić information content (AvgIpc) is 3.16. The van der Waals surface area contributed by atoms with Crippen molar-refractivity contribution in [3.8, 4) is 12.3 Å². The molecule has 4 rings (SSSR count). The van der Waals surface area contributed by atoms with Gasteiger partial charge in [0.25, 0.3) is 5.91 Å². The van der Waals surface area contributed by atoms with Crippen molar-refractivity contribution >= 4 is 16.7 Å². The number of nitrogens with one attached hydrogen (secondary N) is 2. The highest BCUT2D eigenvalue weighted by Crippen LogP contribution is 2.28. The summed E-state index contributed by atoms with van der Waals surface area (Å²) in [7, 11) is 0. The van der Waals surface area contributed by atoms with E-state index in [1.165, 1.54) is 12.8 Å². The highest BCUT2D eigenvalue weighted by atomic mass is 16.1. The molecule has 0 aromatic heterocycles. The zero-order valence-corrected chi connectivity index (χ0v) is 12.3. The molecule has 2 heterocycles. The van der Waals surface area contributed by atoms with E-state index in [2.05, 4.69) is 16.6 Å². The summed E-state index contributed by atoms with van der Waals surface area (Å²) in [6.45, 7) is 0. The molecule has 3 heteroatoms. The first-order valence-corrected chi connectivity index (χ1v) is 7.80. The molecule has 22 heavy (non-hydrogen) atoms. The van der Waals surface area contributed by atoms with Crippen molar-refractivity contribution in [2.75, 3.05) is 0 Å². The van der Waals surface area contributed by atoms with E-state index < -0.39 is 0 Å². The van der Waals surface area contributed by atoms with Crippen LogP contribution in [0.4, 0.5) is 0 Å². The van der Waals surface area contributed by atoms with Crippen LogP contribution in [0, 0.1) is 12.3 Å². The van der Waals surface area contributed by atoms with Gasteiger partial charge in [0, 0.05) is 29.3 Å². The second kappa shape index (κ2) is 5.15. The van der Waals surface area contributed by atoms with E-state index in [-0.39, 0.29) is 11.9 Å². The third-order valence-corrected chi connectivity index (χ3v) is 4.89. The summed E-state index contributed by atoms with van der Waals surface area (Å²) in [5, 5.41) is 8.82. The lowest BCUT2D eigenvalue weighted by molar-refractivity contribution is 0.0931. The van der Waals surface area contributed by atoms with Gasteiger partial charge in [0.15, 0.2) is 0 Å². The lowest BCUT2D eigenvalue weighted by atomic mass is 9.95. The van der Waals surface area contributed by atoms with Crippen LogP contribution in [0.1, 0.15) is 35.2 Å². The Bertz CT molecular complexity index is 790. The molecular formula is C19H18N2O. The molecule has 0 saturated carbocycles. The second-order valence-electron chi connectivity index (χ2n) is 6.28. The Morgan fingerprint density at radius 1 is 1.18 bits per heavy atom. The van der Waals surface area contributed by atoms with Crippen molar-refractivity contribution in [3.63, 3.8) is 0 Å². The van der Waals surface area contributed by atoms with Crippen molar-refractivity contribution in [1.82, 2.24) is 10.6 Å². The normalized spacial score (nSPS) is 26.0. The number of fused-ring (bicyclic) bond motifs is 3. The minimum absolute atomic E-state index is 0.00682. The molecule has 2 aromatic rings. The maximum absolute atomic E-state index is 12.5. The van der Waals surface area contributed by atoms with E-state index in [0.717, 1.165) is 22.8 Å². The molecule has 0 unspecified atom stereocenters. The summed E-state index contributed by atoms with van der Waals surface area (Å²) in [6, 6.07) is 12.9. The maximum atomic E-state index is 12.5. The first-order valence-electron chi connectivity index (χ1n) is 7.80. The molecule has 1 amide bonds. The molecule has 0 radical (unpaired) electrons. The van der Waals surface area contributed by atoms with E-state index in [1.54, 1.807) is 0 Å². The molecule has 2 aliphatic rings. The zero-order valence-electron chi connectivity index (χ0n) is 12.3. The monoisotopic (exact) mass is 290 g/mol. The largest absolute Gasteiger partial charge is 0.348 e. The Hall–Kier alpha value is -2.31. The number of amides is 1. The molecule has 2 N–H and O–H groups in total. The molecule has 2 fully saturated rings. The Morgan fingerprint density at radius 2 is 2.05 bits per heavy atom. The van der Waals surface area contributed by atoms with Gasteiger partial charge in [-0.1, -0.05) is 18.1 Å². The van der Waals surface area contributed by atoms with Gasteiger partial charge in [-0.25, -0.2) is 0 Å². The maximum Gasteiger partial charge on any atom is 0.251 e. The summed E-state index contributed by atoms with van der Waals surface area (Å²) < 4.78 is 0. The van der Waals surface area contributed by atoms with Gasteiger partial charge in [-0.2, -0.15) is 0 Å². The summed E-state index contributed by atoms with van der Waals surface area (Å²) in [5.74, 6) is 2.64. The highest BCUT2D eigenvalue weighted by molar-refractivity contribution is 5.99. The van der Waals surface area contributed by atoms with Gasteiger partial charge in [-0.15, -0.1) is 6.42 Å². The number of benzene rings is 2. The molecule has 0 aliphatic carbocycles. The molecule has 3 atom stereocenters. The second-order valence-corrected chi connectivity index (χ2v) is 6.28. The quantitative estimate of drug-likeness (QED) is 0.834. The molecule has 2 bridgehead atoms. The molecule has 3 nitrogen and oxygen atoms in total. The molecular weight excluding hydrogens is 272 g/mol. The number of rotatable bonds is 2. The van der Waals surface area contributed by atoms with Crippen LogP contribution in [0.2, 0.25) is 0 Å². The summed E-state index contributed by atoms with van der Waals surface area (Å²) in [4.78, 5) is 12.5.